The van der Waals surface area contributed by atoms with Gasteiger partial charge in [0.1, 0.15) is 29.2 Å². The Balaban J connectivity index is 1.23. The average molecular weight is 814 g/mol. The van der Waals surface area contributed by atoms with Gasteiger partial charge in [-0.1, -0.05) is 57.2 Å². The number of rotatable bonds is 13. The Morgan fingerprint density at radius 1 is 1.03 bits per heavy atom. The van der Waals surface area contributed by atoms with E-state index in [4.69, 9.17) is 14.5 Å². The highest BCUT2D eigenvalue weighted by Crippen LogP contribution is 2.46. The molecule has 5 atom stereocenters. The molecule has 2 N–H and O–H groups in total. The van der Waals surface area contributed by atoms with E-state index in [0.717, 1.165) is 35.8 Å². The number of likely N-dealkylation sites (tertiary alicyclic amines) is 2. The zero-order chi connectivity index (χ0) is 41.6. The highest BCUT2D eigenvalue weighted by Gasteiger charge is 2.62. The van der Waals surface area contributed by atoms with Gasteiger partial charge in [0.15, 0.2) is 0 Å². The predicted molar refractivity (Wildman–Crippen MR) is 220 cm³/mol. The number of benzene rings is 2. The molecule has 4 amide bonds. The average Bonchev–Trinajstić information content (AvgIpc) is 4.14. The van der Waals surface area contributed by atoms with Crippen LogP contribution in [0.2, 0.25) is 0 Å². The number of sulfonamides is 1. The van der Waals surface area contributed by atoms with E-state index in [1.807, 2.05) is 81.1 Å². The number of aryl methyl sites for hydroxylation is 1. The lowest BCUT2D eigenvalue weighted by Gasteiger charge is -2.36. The monoisotopic (exact) mass is 813 g/mol. The van der Waals surface area contributed by atoms with Crippen molar-refractivity contribution in [3.63, 3.8) is 0 Å². The van der Waals surface area contributed by atoms with Crippen molar-refractivity contribution in [3.05, 3.63) is 66.7 Å². The summed E-state index contributed by atoms with van der Waals surface area (Å²) in [6.45, 7) is 12.8. The Morgan fingerprint density at radius 2 is 1.74 bits per heavy atom. The molecule has 1 aromatic heterocycles. The van der Waals surface area contributed by atoms with Gasteiger partial charge < -0.3 is 24.6 Å². The molecule has 2 aliphatic carbocycles. The highest BCUT2D eigenvalue weighted by atomic mass is 32.2. The van der Waals surface area contributed by atoms with Crippen LogP contribution in [-0.4, -0.2) is 96.5 Å². The fourth-order valence-corrected chi connectivity index (χ4v) is 9.80. The van der Waals surface area contributed by atoms with Crippen LogP contribution >= 0.6 is 0 Å². The molecule has 3 heterocycles. The van der Waals surface area contributed by atoms with E-state index in [0.29, 0.717) is 48.6 Å². The van der Waals surface area contributed by atoms with E-state index < -0.39 is 62.0 Å². The smallest absolute Gasteiger partial charge is 0.259 e. The van der Waals surface area contributed by atoms with Gasteiger partial charge in [0.25, 0.3) is 5.91 Å². The third-order valence-electron chi connectivity index (χ3n) is 12.3. The first kappa shape index (κ1) is 41.2. The molecule has 2 saturated carbocycles. The van der Waals surface area contributed by atoms with Crippen LogP contribution in [-0.2, 0) is 29.2 Å². The number of nitrogens with zero attached hydrogens (tertiary/aromatic N) is 3. The third kappa shape index (κ3) is 8.30. The van der Waals surface area contributed by atoms with Crippen molar-refractivity contribution in [1.82, 2.24) is 24.8 Å². The summed E-state index contributed by atoms with van der Waals surface area (Å²) in [6.07, 6.45) is 4.90. The molecule has 0 radical (unpaired) electrons. The molecule has 14 heteroatoms. The molecule has 0 bridgehead atoms. The second-order valence-electron chi connectivity index (χ2n) is 17.4. The first-order valence-corrected chi connectivity index (χ1v) is 21.9. The van der Waals surface area contributed by atoms with Gasteiger partial charge in [-0.05, 0) is 63.0 Å². The van der Waals surface area contributed by atoms with Crippen molar-refractivity contribution in [3.8, 4) is 22.8 Å². The molecule has 0 unspecified atom stereocenters. The van der Waals surface area contributed by atoms with Gasteiger partial charge in [0.2, 0.25) is 27.7 Å². The number of aromatic nitrogens is 1. The van der Waals surface area contributed by atoms with Gasteiger partial charge in [0.05, 0.1) is 36.0 Å². The minimum absolute atomic E-state index is 0.0147. The Hall–Kier alpha value is -4.98. The number of hydrogen-bond acceptors (Lipinski definition) is 9. The zero-order valence-electron chi connectivity index (χ0n) is 34.1. The van der Waals surface area contributed by atoms with Gasteiger partial charge in [0, 0.05) is 54.4 Å². The molecule has 310 valence electrons. The van der Waals surface area contributed by atoms with Crippen molar-refractivity contribution in [2.24, 2.45) is 17.3 Å². The maximum atomic E-state index is 14.9. The lowest BCUT2D eigenvalue weighted by molar-refractivity contribution is -0.148. The van der Waals surface area contributed by atoms with Crippen molar-refractivity contribution in [1.29, 1.82) is 0 Å². The van der Waals surface area contributed by atoms with E-state index in [2.05, 4.69) is 16.6 Å². The van der Waals surface area contributed by atoms with Crippen molar-refractivity contribution in [2.75, 3.05) is 26.7 Å². The number of nitrogens with one attached hydrogen (secondary N) is 2. The summed E-state index contributed by atoms with van der Waals surface area (Å²) in [7, 11) is -2.30. The van der Waals surface area contributed by atoms with Gasteiger partial charge in [-0.2, -0.15) is 0 Å². The van der Waals surface area contributed by atoms with Crippen LogP contribution in [0.1, 0.15) is 77.7 Å². The van der Waals surface area contributed by atoms with Crippen LogP contribution in [0.3, 0.4) is 0 Å². The fourth-order valence-electron chi connectivity index (χ4n) is 8.44. The lowest BCUT2D eigenvalue weighted by atomic mass is 9.77. The molecule has 58 heavy (non-hydrogen) atoms. The zero-order valence-corrected chi connectivity index (χ0v) is 34.9. The van der Waals surface area contributed by atoms with Crippen LogP contribution < -0.4 is 19.5 Å². The fraction of sp³-hybridized carbons (Fsp3) is 0.523. The van der Waals surface area contributed by atoms with Crippen LogP contribution in [0.4, 0.5) is 0 Å². The van der Waals surface area contributed by atoms with Crippen molar-refractivity contribution < 1.29 is 37.1 Å². The number of carbonyl (C=O) groups excluding carboxylic acids is 4. The SMILES string of the molecule is C=C[C@@H]1C[C@]1(NC(=O)[C@@H]1C[C@@H](Oc2cc(-c3ccccc3)nc3c(C)c(OC)ccc23)CN1C(=O)[C@@H](CC(=O)N1CCCCC1)C(C)(C)C)C(=O)NS(=O)(=O)C1CC1. The first-order chi connectivity index (χ1) is 27.6. The molecular weight excluding hydrogens is 759 g/mol. The number of amides is 4. The molecule has 0 spiro atoms. The maximum absolute atomic E-state index is 14.9. The number of fused-ring (bicyclic) bond motifs is 1. The number of pyridine rings is 1. The highest BCUT2D eigenvalue weighted by molar-refractivity contribution is 7.91. The minimum Gasteiger partial charge on any atom is -0.496 e. The lowest BCUT2D eigenvalue weighted by Crippen LogP contribution is -2.57. The third-order valence-corrected chi connectivity index (χ3v) is 14.1. The van der Waals surface area contributed by atoms with Crippen LogP contribution in [0.15, 0.2) is 61.2 Å². The molecule has 4 fully saturated rings. The molecular formula is C44H55N5O8S. The Bertz CT molecular complexity index is 2210. The van der Waals surface area contributed by atoms with Gasteiger partial charge in [-0.25, -0.2) is 13.4 Å². The molecule has 3 aromatic rings. The van der Waals surface area contributed by atoms with Gasteiger partial charge in [-0.3, -0.25) is 23.9 Å². The summed E-state index contributed by atoms with van der Waals surface area (Å²) >= 11 is 0. The molecule has 7 rings (SSSR count). The van der Waals surface area contributed by atoms with E-state index in [1.165, 1.54) is 11.0 Å². The number of hydrogen-bond donors (Lipinski definition) is 2. The Kier molecular flexibility index (Phi) is 11.4. The van der Waals surface area contributed by atoms with Gasteiger partial charge >= 0.3 is 0 Å². The molecule has 13 nitrogen and oxygen atoms in total. The second-order valence-corrected chi connectivity index (χ2v) is 19.4. The molecule has 2 aromatic carbocycles. The standard InChI is InChI=1S/C44H55N5O8S/c1-7-29-25-44(29,42(53)47-58(54,55)31-16-17-31)46-40(51)35-22-30(26-49(35)41(52)33(43(3,4)5)23-38(50)48-20-12-9-13-21-48)57-37-24-34(28-14-10-8-11-15-28)45-39-27(2)36(56-6)19-18-32(37)39/h7-8,10-11,14-15,18-19,24,29-31,33,35H,1,9,12-13,16-17,20-23,25-26H2,2-6H3,(H,46,51)(H,47,53)/t29-,30-,33-,35+,44-/m1/s1. The number of ether oxygens (including phenoxy) is 2. The van der Waals surface area contributed by atoms with Crippen LogP contribution in [0.5, 0.6) is 11.5 Å². The quantitative estimate of drug-likeness (QED) is 0.218. The molecule has 2 saturated heterocycles. The van der Waals surface area contributed by atoms with E-state index >= 15 is 0 Å². The summed E-state index contributed by atoms with van der Waals surface area (Å²) in [4.78, 5) is 65.1. The normalized spacial score (nSPS) is 23.8. The van der Waals surface area contributed by atoms with Gasteiger partial charge in [-0.15, -0.1) is 6.58 Å². The number of carbonyl (C=O) groups is 4. The maximum Gasteiger partial charge on any atom is 0.259 e. The van der Waals surface area contributed by atoms with Crippen molar-refractivity contribution in [2.45, 2.75) is 102 Å². The number of piperidine rings is 1. The topological polar surface area (TPSA) is 164 Å². The van der Waals surface area contributed by atoms with E-state index in [1.54, 1.807) is 7.11 Å². The Labute approximate surface area is 341 Å². The van der Waals surface area contributed by atoms with Crippen LogP contribution in [0, 0.1) is 24.2 Å². The Morgan fingerprint density at radius 3 is 2.36 bits per heavy atom. The summed E-state index contributed by atoms with van der Waals surface area (Å²) in [5, 5.41) is 2.97. The summed E-state index contributed by atoms with van der Waals surface area (Å²) in [5.74, 6) is -1.98. The predicted octanol–water partition coefficient (Wildman–Crippen LogP) is 5.30. The van der Waals surface area contributed by atoms with Crippen molar-refractivity contribution >= 4 is 44.6 Å². The van der Waals surface area contributed by atoms with Crippen LogP contribution in [0.25, 0.3) is 22.2 Å². The number of methoxy groups -OCH3 is 1. The first-order valence-electron chi connectivity index (χ1n) is 20.4. The largest absolute Gasteiger partial charge is 0.496 e. The summed E-state index contributed by atoms with van der Waals surface area (Å²) in [6, 6.07) is 14.2. The molecule has 4 aliphatic rings. The second kappa shape index (κ2) is 16.0. The van der Waals surface area contributed by atoms with E-state index in [-0.39, 0.29) is 37.6 Å². The van der Waals surface area contributed by atoms with E-state index in [9.17, 15) is 27.6 Å². The minimum atomic E-state index is -3.90. The summed E-state index contributed by atoms with van der Waals surface area (Å²) < 4.78 is 40.3. The summed E-state index contributed by atoms with van der Waals surface area (Å²) in [5.41, 5.74) is 0.859. The molecule has 2 aliphatic heterocycles.